The summed E-state index contributed by atoms with van der Waals surface area (Å²) in [6, 6.07) is 0. The molecule has 0 aliphatic rings. The first-order valence-electron chi connectivity index (χ1n) is 4.70. The van der Waals surface area contributed by atoms with Crippen LogP contribution in [-0.4, -0.2) is 47.4 Å². The number of hydrogen-bond donors (Lipinski definition) is 0. The Hall–Kier alpha value is 0.213. The van der Waals surface area contributed by atoms with Crippen LogP contribution >= 0.6 is 0 Å². The molecule has 0 aliphatic heterocycles. The van der Waals surface area contributed by atoms with Crippen molar-refractivity contribution < 1.29 is 44.6 Å². The fourth-order valence-corrected chi connectivity index (χ4v) is 2.44. The summed E-state index contributed by atoms with van der Waals surface area (Å²) in [6.07, 6.45) is -20.9. The van der Waals surface area contributed by atoms with Gasteiger partial charge in [0.05, 0.1) is 0 Å². The van der Waals surface area contributed by atoms with E-state index in [1.807, 2.05) is 0 Å². The monoisotopic (exact) mass is 502 g/mol. The first kappa shape index (κ1) is 21.5. The van der Waals surface area contributed by atoms with E-state index in [0.717, 1.165) is 0 Å². The number of halogens is 9. The van der Waals surface area contributed by atoms with Crippen LogP contribution in [0.5, 0.6) is 0 Å². The Morgan fingerprint density at radius 2 is 0.895 bits per heavy atom. The third kappa shape index (κ3) is 5.61. The summed E-state index contributed by atoms with van der Waals surface area (Å²) >= 11 is 0.145. The first-order valence-corrected chi connectivity index (χ1v) is 9.62. The molecule has 0 bridgehead atoms. The molecule has 116 valence electrons. The third-order valence-electron chi connectivity index (χ3n) is 1.64. The standard InChI is InChI=1S/C4F9O.2C2H5.Bi/c5-2(6,7)1(14,3(8,9)10)4(11,12)13;2*1-2;/h;2*1H2,2H3;/q-1;;;+1. The number of alkyl halides is 9. The fourth-order valence-electron chi connectivity index (χ4n) is 0.706. The second kappa shape index (κ2) is 7.29. The molecule has 0 saturated heterocycles. The maximum atomic E-state index is 11.3. The second-order valence-electron chi connectivity index (χ2n) is 3.03. The van der Waals surface area contributed by atoms with Crippen LogP contribution in [-0.2, 0) is 0 Å². The van der Waals surface area contributed by atoms with E-state index in [1.165, 1.54) is 8.26 Å². The van der Waals surface area contributed by atoms with E-state index in [1.54, 1.807) is 0 Å². The molecule has 0 aromatic rings. The van der Waals surface area contributed by atoms with Crippen molar-refractivity contribution in [2.75, 3.05) is 0 Å². The molecule has 0 atom stereocenters. The van der Waals surface area contributed by atoms with Crippen LogP contribution in [0.4, 0.5) is 39.5 Å². The minimum atomic E-state index is -6.98. The van der Waals surface area contributed by atoms with Gasteiger partial charge in [-0.05, 0) is 0 Å². The molecule has 19 heavy (non-hydrogen) atoms. The predicted octanol–water partition coefficient (Wildman–Crippen LogP) is 3.34. The topological polar surface area (TPSA) is 23.1 Å². The van der Waals surface area contributed by atoms with Gasteiger partial charge in [0.25, 0.3) is 0 Å². The summed E-state index contributed by atoms with van der Waals surface area (Å²) in [5.41, 5.74) is -6.94. The molecule has 1 nitrogen and oxygen atoms in total. The summed E-state index contributed by atoms with van der Waals surface area (Å²) in [5, 5.41) is 9.79. The van der Waals surface area contributed by atoms with Crippen LogP contribution in [0.3, 0.4) is 0 Å². The Balaban J connectivity index is 0. The van der Waals surface area contributed by atoms with E-state index in [0.29, 0.717) is 0 Å². The molecule has 0 N–H and O–H groups in total. The zero-order valence-electron chi connectivity index (χ0n) is 9.67. The van der Waals surface area contributed by atoms with E-state index in [9.17, 15) is 44.6 Å². The largest absolute Gasteiger partial charge is 0.830 e. The van der Waals surface area contributed by atoms with Gasteiger partial charge < -0.3 is 5.11 Å². The molecule has 0 heterocycles. The van der Waals surface area contributed by atoms with Crippen molar-refractivity contribution in [1.29, 1.82) is 0 Å². The van der Waals surface area contributed by atoms with Crippen molar-refractivity contribution in [3.8, 4) is 0 Å². The Morgan fingerprint density at radius 3 is 0.895 bits per heavy atom. The minimum Gasteiger partial charge on any atom is -0.830 e. The maximum absolute atomic E-state index is 11.3. The fraction of sp³-hybridized carbons (Fsp3) is 1.00. The average molecular weight is 502 g/mol. The van der Waals surface area contributed by atoms with E-state index in [-0.39, 0.29) is 23.2 Å². The molecule has 0 rings (SSSR count). The Labute approximate surface area is 114 Å². The molecule has 0 saturated carbocycles. The SMILES string of the molecule is C[CH2][Bi+][CH2]C.[O-]C(C(F)(F)F)(C(F)(F)F)C(F)(F)F. The minimum absolute atomic E-state index is 0.145. The van der Waals surface area contributed by atoms with Crippen LogP contribution in [0.1, 0.15) is 13.8 Å². The van der Waals surface area contributed by atoms with Gasteiger partial charge in [-0.2, -0.15) is 39.5 Å². The summed E-state index contributed by atoms with van der Waals surface area (Å²) < 4.78 is 105. The van der Waals surface area contributed by atoms with Crippen LogP contribution in [0, 0.1) is 0 Å². The van der Waals surface area contributed by atoms with Crippen molar-refractivity contribution in [2.24, 2.45) is 0 Å². The van der Waals surface area contributed by atoms with Crippen molar-refractivity contribution in [3.05, 3.63) is 0 Å². The van der Waals surface area contributed by atoms with Gasteiger partial charge in [0, 0.05) is 0 Å². The summed E-state index contributed by atoms with van der Waals surface area (Å²) in [4.78, 5) is 0. The summed E-state index contributed by atoms with van der Waals surface area (Å²) in [7, 11) is 0. The summed E-state index contributed by atoms with van der Waals surface area (Å²) in [5.74, 6) is 0. The van der Waals surface area contributed by atoms with Gasteiger partial charge in [-0.15, -0.1) is 0 Å². The van der Waals surface area contributed by atoms with Crippen LogP contribution in [0.2, 0.25) is 8.26 Å². The van der Waals surface area contributed by atoms with Gasteiger partial charge in [0.1, 0.15) is 0 Å². The number of hydrogen-bond acceptors (Lipinski definition) is 1. The Bertz CT molecular complexity index is 216. The van der Waals surface area contributed by atoms with Gasteiger partial charge in [-0.3, -0.25) is 0 Å². The van der Waals surface area contributed by atoms with Crippen molar-refractivity contribution in [1.82, 2.24) is 0 Å². The third-order valence-corrected chi connectivity index (χ3v) is 5.12. The van der Waals surface area contributed by atoms with Crippen LogP contribution < -0.4 is 5.11 Å². The second-order valence-corrected chi connectivity index (χ2v) is 9.69. The van der Waals surface area contributed by atoms with Crippen molar-refractivity contribution in [2.45, 2.75) is 46.2 Å². The van der Waals surface area contributed by atoms with Gasteiger partial charge in [0.15, 0.2) is 5.60 Å². The molecule has 0 spiro atoms. The first-order chi connectivity index (χ1) is 8.16. The van der Waals surface area contributed by atoms with E-state index >= 15 is 0 Å². The quantitative estimate of drug-likeness (QED) is 0.420. The zero-order valence-corrected chi connectivity index (χ0v) is 13.1. The molecular weight excluding hydrogens is 492 g/mol. The summed E-state index contributed by atoms with van der Waals surface area (Å²) in [6.45, 7) is 4.58. The average Bonchev–Trinajstić information content (AvgIpc) is 2.13. The zero-order chi connectivity index (χ0) is 16.1. The molecule has 0 amide bonds. The van der Waals surface area contributed by atoms with Crippen molar-refractivity contribution in [3.63, 3.8) is 0 Å². The Kier molecular flexibility index (Phi) is 8.25. The molecule has 0 unspecified atom stereocenters. The molecule has 0 aromatic heterocycles. The molecular formula is C8H10BiF9O. The maximum Gasteiger partial charge on any atom is 0.397 e. The van der Waals surface area contributed by atoms with Crippen LogP contribution in [0.25, 0.3) is 0 Å². The molecule has 2 radical (unpaired) electrons. The van der Waals surface area contributed by atoms with E-state index in [2.05, 4.69) is 13.8 Å². The molecule has 0 aliphatic carbocycles. The molecule has 11 heteroatoms. The van der Waals surface area contributed by atoms with Gasteiger partial charge in [-0.1, -0.05) is 0 Å². The Morgan fingerprint density at radius 1 is 0.684 bits per heavy atom. The molecule has 0 aromatic carbocycles. The van der Waals surface area contributed by atoms with Crippen molar-refractivity contribution >= 4 is 23.2 Å². The van der Waals surface area contributed by atoms with Gasteiger partial charge >= 0.3 is 63.9 Å². The van der Waals surface area contributed by atoms with E-state index in [4.69, 9.17) is 0 Å². The van der Waals surface area contributed by atoms with E-state index < -0.39 is 24.1 Å². The van der Waals surface area contributed by atoms with Crippen LogP contribution in [0.15, 0.2) is 0 Å². The van der Waals surface area contributed by atoms with Gasteiger partial charge in [0.2, 0.25) is 0 Å². The molecule has 0 fully saturated rings. The number of rotatable bonds is 2. The van der Waals surface area contributed by atoms with Gasteiger partial charge in [-0.25, -0.2) is 0 Å². The smallest absolute Gasteiger partial charge is 0.397 e. The predicted molar refractivity (Wildman–Crippen MR) is 47.6 cm³/mol. The normalized spacial score (nSPS) is 13.9.